The fraction of sp³-hybridized carbons (Fsp3) is 0.111. The zero-order chi connectivity index (χ0) is 10.1. The Morgan fingerprint density at radius 2 is 2.43 bits per heavy atom. The third-order valence-electron chi connectivity index (χ3n) is 1.77. The summed E-state index contributed by atoms with van der Waals surface area (Å²) in [6, 6.07) is 1.97. The van der Waals surface area contributed by atoms with E-state index in [9.17, 15) is 4.79 Å². The lowest BCUT2D eigenvalue weighted by Crippen LogP contribution is -1.80. The predicted molar refractivity (Wildman–Crippen MR) is 59.8 cm³/mol. The summed E-state index contributed by atoms with van der Waals surface area (Å²) in [6.07, 6.45) is 1.52. The van der Waals surface area contributed by atoms with Crippen molar-refractivity contribution in [1.82, 2.24) is 4.98 Å². The fourth-order valence-electron chi connectivity index (χ4n) is 1.24. The minimum atomic E-state index is 0.433. The molecule has 0 saturated heterocycles. The van der Waals surface area contributed by atoms with Gasteiger partial charge in [-0.1, -0.05) is 0 Å². The second-order valence-corrected chi connectivity index (χ2v) is 4.51. The number of hydrogen-bond donors (Lipinski definition) is 0. The van der Waals surface area contributed by atoms with Crippen molar-refractivity contribution in [3.8, 4) is 0 Å². The maximum absolute atomic E-state index is 10.2. The van der Waals surface area contributed by atoms with Crippen molar-refractivity contribution in [2.45, 2.75) is 6.92 Å². The van der Waals surface area contributed by atoms with Gasteiger partial charge in [0.15, 0.2) is 5.82 Å². The van der Waals surface area contributed by atoms with Gasteiger partial charge in [0, 0.05) is 20.2 Å². The molecule has 2 aromatic heterocycles. The van der Waals surface area contributed by atoms with E-state index in [1.54, 1.807) is 11.3 Å². The molecule has 5 heteroatoms. The third kappa shape index (κ3) is 1.50. The maximum Gasteiger partial charge on any atom is 0.242 e. The Kier molecular flexibility index (Phi) is 2.46. The highest BCUT2D eigenvalue weighted by Crippen LogP contribution is 2.36. The van der Waals surface area contributed by atoms with E-state index in [0.29, 0.717) is 5.82 Å². The number of rotatable bonds is 1. The smallest absolute Gasteiger partial charge is 0.233 e. The van der Waals surface area contributed by atoms with Crippen molar-refractivity contribution >= 4 is 49.3 Å². The summed E-state index contributed by atoms with van der Waals surface area (Å²) in [6.45, 7) is 1.87. The van der Waals surface area contributed by atoms with Gasteiger partial charge in [0.2, 0.25) is 6.08 Å². The number of hydrogen-bond acceptors (Lipinski definition) is 4. The van der Waals surface area contributed by atoms with Gasteiger partial charge in [0.1, 0.15) is 0 Å². The molecule has 0 N–H and O–H groups in total. The van der Waals surface area contributed by atoms with Gasteiger partial charge in [-0.25, -0.2) is 9.78 Å². The van der Waals surface area contributed by atoms with Gasteiger partial charge in [-0.3, -0.25) is 0 Å². The average Bonchev–Trinajstić information content (AvgIpc) is 2.48. The van der Waals surface area contributed by atoms with E-state index in [-0.39, 0.29) is 0 Å². The lowest BCUT2D eigenvalue weighted by Gasteiger charge is -1.97. The van der Waals surface area contributed by atoms with E-state index in [2.05, 4.69) is 25.9 Å². The van der Waals surface area contributed by atoms with E-state index in [1.807, 2.05) is 18.4 Å². The first kappa shape index (κ1) is 9.52. The van der Waals surface area contributed by atoms with Gasteiger partial charge in [-0.15, -0.1) is 16.3 Å². The van der Waals surface area contributed by atoms with E-state index in [4.69, 9.17) is 0 Å². The van der Waals surface area contributed by atoms with Gasteiger partial charge in [0.05, 0.1) is 5.39 Å². The van der Waals surface area contributed by atoms with Crippen LogP contribution < -0.4 is 0 Å². The summed E-state index contributed by atoms with van der Waals surface area (Å²) in [7, 11) is 0. The van der Waals surface area contributed by atoms with E-state index >= 15 is 0 Å². The normalized spacial score (nSPS) is 10.1. The van der Waals surface area contributed by atoms with Crippen LogP contribution in [-0.2, 0) is 4.79 Å². The van der Waals surface area contributed by atoms with E-state index in [0.717, 1.165) is 20.3 Å². The molecular weight excluding hydrogens is 264 g/mol. The summed E-state index contributed by atoms with van der Waals surface area (Å²) < 4.78 is 1.98. The lowest BCUT2D eigenvalue weighted by molar-refractivity contribution is 0.565. The Hall–Kier alpha value is -1.03. The third-order valence-corrected chi connectivity index (χ3v) is 3.63. The SMILES string of the molecule is Cc1cc2scc(Br)c2c(N=C=O)n1. The van der Waals surface area contributed by atoms with Gasteiger partial charge in [-0.2, -0.15) is 0 Å². The number of thiophene rings is 1. The molecule has 0 amide bonds. The highest BCUT2D eigenvalue weighted by Gasteiger charge is 2.08. The number of isocyanates is 1. The maximum atomic E-state index is 10.2. The summed E-state index contributed by atoms with van der Waals surface area (Å²) in [5.41, 5.74) is 0.848. The van der Waals surface area contributed by atoms with Crippen LogP contribution in [0, 0.1) is 6.92 Å². The number of aliphatic imine (C=N–C) groups is 1. The predicted octanol–water partition coefficient (Wildman–Crippen LogP) is 3.33. The van der Waals surface area contributed by atoms with Crippen LogP contribution in [0.4, 0.5) is 5.82 Å². The number of carbonyl (C=O) groups excluding carboxylic acids is 1. The average molecular weight is 269 g/mol. The quantitative estimate of drug-likeness (QED) is 0.588. The van der Waals surface area contributed by atoms with Gasteiger partial charge >= 0.3 is 0 Å². The molecule has 0 atom stereocenters. The summed E-state index contributed by atoms with van der Waals surface area (Å²) in [5.74, 6) is 0.433. The summed E-state index contributed by atoms with van der Waals surface area (Å²) >= 11 is 4.98. The Labute approximate surface area is 92.6 Å². The molecule has 0 aliphatic carbocycles. The largest absolute Gasteiger partial charge is 0.242 e. The molecule has 0 aliphatic rings. The Morgan fingerprint density at radius 3 is 3.14 bits per heavy atom. The fourth-order valence-corrected chi connectivity index (χ4v) is 2.95. The second-order valence-electron chi connectivity index (χ2n) is 2.75. The molecule has 14 heavy (non-hydrogen) atoms. The molecule has 2 rings (SSSR count). The monoisotopic (exact) mass is 268 g/mol. The molecule has 2 heterocycles. The molecule has 0 aromatic carbocycles. The standard InChI is InChI=1S/C9H5BrN2OS/c1-5-2-7-8(6(10)3-14-7)9(12-5)11-4-13/h2-3H,1H3. The van der Waals surface area contributed by atoms with Crippen LogP contribution in [0.15, 0.2) is 20.9 Å². The van der Waals surface area contributed by atoms with Crippen LogP contribution in [0.3, 0.4) is 0 Å². The van der Waals surface area contributed by atoms with Crippen LogP contribution in [0.2, 0.25) is 0 Å². The Morgan fingerprint density at radius 1 is 1.64 bits per heavy atom. The van der Waals surface area contributed by atoms with Crippen molar-refractivity contribution in [2.75, 3.05) is 0 Å². The zero-order valence-electron chi connectivity index (χ0n) is 7.24. The lowest BCUT2D eigenvalue weighted by atomic mass is 10.3. The molecule has 0 saturated carbocycles. The van der Waals surface area contributed by atoms with Gasteiger partial charge < -0.3 is 0 Å². The van der Waals surface area contributed by atoms with Crippen molar-refractivity contribution in [3.63, 3.8) is 0 Å². The van der Waals surface area contributed by atoms with Crippen molar-refractivity contribution in [3.05, 3.63) is 21.6 Å². The minimum absolute atomic E-state index is 0.433. The number of pyridine rings is 1. The topological polar surface area (TPSA) is 42.3 Å². The van der Waals surface area contributed by atoms with Crippen molar-refractivity contribution < 1.29 is 4.79 Å². The summed E-state index contributed by atoms with van der Waals surface area (Å²) in [5, 5.41) is 2.83. The second kappa shape index (κ2) is 3.61. The molecule has 0 unspecified atom stereocenters. The molecule has 0 fully saturated rings. The number of aryl methyl sites for hydroxylation is 1. The van der Waals surface area contributed by atoms with E-state index in [1.165, 1.54) is 6.08 Å². The number of fused-ring (bicyclic) bond motifs is 1. The Bertz CT molecular complexity index is 543. The summed E-state index contributed by atoms with van der Waals surface area (Å²) in [4.78, 5) is 18.0. The molecule has 0 bridgehead atoms. The van der Waals surface area contributed by atoms with Crippen molar-refractivity contribution in [2.24, 2.45) is 4.99 Å². The van der Waals surface area contributed by atoms with Crippen LogP contribution >= 0.6 is 27.3 Å². The highest BCUT2D eigenvalue weighted by atomic mass is 79.9. The molecular formula is C9H5BrN2OS. The molecule has 0 aliphatic heterocycles. The molecule has 70 valence electrons. The Balaban J connectivity index is 2.90. The van der Waals surface area contributed by atoms with Crippen molar-refractivity contribution in [1.29, 1.82) is 0 Å². The van der Waals surface area contributed by atoms with Crippen LogP contribution in [0.5, 0.6) is 0 Å². The molecule has 0 radical (unpaired) electrons. The van der Waals surface area contributed by atoms with E-state index < -0.39 is 0 Å². The highest BCUT2D eigenvalue weighted by molar-refractivity contribution is 9.10. The zero-order valence-corrected chi connectivity index (χ0v) is 9.65. The minimum Gasteiger partial charge on any atom is -0.233 e. The molecule has 0 spiro atoms. The first-order valence-electron chi connectivity index (χ1n) is 3.84. The number of aromatic nitrogens is 1. The molecule has 3 nitrogen and oxygen atoms in total. The van der Waals surface area contributed by atoms with Gasteiger partial charge in [0.25, 0.3) is 0 Å². The molecule has 2 aromatic rings. The van der Waals surface area contributed by atoms with Gasteiger partial charge in [-0.05, 0) is 28.9 Å². The number of halogens is 1. The van der Waals surface area contributed by atoms with Crippen LogP contribution in [0.1, 0.15) is 5.69 Å². The first-order chi connectivity index (χ1) is 6.72. The first-order valence-corrected chi connectivity index (χ1v) is 5.52. The van der Waals surface area contributed by atoms with Crippen LogP contribution in [0.25, 0.3) is 10.1 Å². The van der Waals surface area contributed by atoms with Crippen LogP contribution in [-0.4, -0.2) is 11.1 Å². The number of nitrogens with zero attached hydrogens (tertiary/aromatic N) is 2.